The minimum absolute atomic E-state index is 0.116. The highest BCUT2D eigenvalue weighted by molar-refractivity contribution is 7.17. The zero-order chi connectivity index (χ0) is 14.1. The van der Waals surface area contributed by atoms with E-state index in [1.54, 1.807) is 17.4 Å². The summed E-state index contributed by atoms with van der Waals surface area (Å²) in [6, 6.07) is 13.0. The number of rotatable bonds is 3. The van der Waals surface area contributed by atoms with Crippen LogP contribution in [0.5, 0.6) is 0 Å². The molecule has 0 aliphatic heterocycles. The summed E-state index contributed by atoms with van der Waals surface area (Å²) in [5.74, 6) is -0.385. The molecule has 0 fully saturated rings. The van der Waals surface area contributed by atoms with Crippen LogP contribution >= 0.6 is 22.9 Å². The molecule has 0 saturated carbocycles. The molecule has 0 saturated heterocycles. The van der Waals surface area contributed by atoms with E-state index in [0.29, 0.717) is 0 Å². The minimum Gasteiger partial charge on any atom is -0.309 e. The van der Waals surface area contributed by atoms with Crippen molar-refractivity contribution in [2.75, 3.05) is 7.05 Å². The molecule has 4 heteroatoms. The molecular weight excluding hydrogens is 293 g/mol. The van der Waals surface area contributed by atoms with Gasteiger partial charge in [-0.05, 0) is 41.1 Å². The average Bonchev–Trinajstić information content (AvgIpc) is 2.88. The van der Waals surface area contributed by atoms with Gasteiger partial charge in [-0.1, -0.05) is 41.9 Å². The second kappa shape index (κ2) is 5.52. The first-order valence-corrected chi connectivity index (χ1v) is 7.55. The van der Waals surface area contributed by atoms with E-state index in [9.17, 15) is 4.39 Å². The molecule has 3 rings (SSSR count). The van der Waals surface area contributed by atoms with Crippen molar-refractivity contribution in [3.63, 3.8) is 0 Å². The molecule has 1 aromatic heterocycles. The fourth-order valence-electron chi connectivity index (χ4n) is 2.44. The molecule has 0 amide bonds. The zero-order valence-electron chi connectivity index (χ0n) is 10.9. The Morgan fingerprint density at radius 3 is 2.70 bits per heavy atom. The largest absolute Gasteiger partial charge is 0.309 e. The third kappa shape index (κ3) is 2.22. The smallest absolute Gasteiger partial charge is 0.142 e. The second-order valence-electron chi connectivity index (χ2n) is 4.55. The van der Waals surface area contributed by atoms with E-state index in [4.69, 9.17) is 11.6 Å². The van der Waals surface area contributed by atoms with Crippen molar-refractivity contribution in [2.24, 2.45) is 0 Å². The van der Waals surface area contributed by atoms with Gasteiger partial charge in [0, 0.05) is 4.70 Å². The maximum absolute atomic E-state index is 13.7. The van der Waals surface area contributed by atoms with Crippen LogP contribution in [0.25, 0.3) is 10.1 Å². The SMILES string of the molecule is CNC(c1cccc(F)c1Cl)c1csc2ccccc12. The highest BCUT2D eigenvalue weighted by Gasteiger charge is 2.20. The van der Waals surface area contributed by atoms with Gasteiger partial charge in [0.1, 0.15) is 5.82 Å². The van der Waals surface area contributed by atoms with Crippen LogP contribution in [-0.4, -0.2) is 7.05 Å². The third-order valence-corrected chi connectivity index (χ3v) is 4.78. The molecule has 0 spiro atoms. The molecule has 1 heterocycles. The van der Waals surface area contributed by atoms with Crippen molar-refractivity contribution >= 4 is 33.0 Å². The van der Waals surface area contributed by atoms with Gasteiger partial charge in [0.15, 0.2) is 0 Å². The number of fused-ring (bicyclic) bond motifs is 1. The Balaban J connectivity index is 2.17. The van der Waals surface area contributed by atoms with Crippen molar-refractivity contribution in [1.29, 1.82) is 0 Å². The van der Waals surface area contributed by atoms with E-state index < -0.39 is 0 Å². The summed E-state index contributed by atoms with van der Waals surface area (Å²) >= 11 is 7.81. The quantitative estimate of drug-likeness (QED) is 0.718. The van der Waals surface area contributed by atoms with E-state index in [2.05, 4.69) is 22.8 Å². The van der Waals surface area contributed by atoms with E-state index in [-0.39, 0.29) is 16.9 Å². The highest BCUT2D eigenvalue weighted by Crippen LogP contribution is 2.36. The lowest BCUT2D eigenvalue weighted by Crippen LogP contribution is -2.18. The van der Waals surface area contributed by atoms with Crippen LogP contribution in [0.3, 0.4) is 0 Å². The molecule has 0 aliphatic rings. The summed E-state index contributed by atoms with van der Waals surface area (Å²) in [5.41, 5.74) is 1.89. The first-order valence-electron chi connectivity index (χ1n) is 6.29. The number of hydrogen-bond acceptors (Lipinski definition) is 2. The Kier molecular flexibility index (Phi) is 3.74. The number of thiophene rings is 1. The molecule has 1 atom stereocenters. The maximum Gasteiger partial charge on any atom is 0.142 e. The summed E-state index contributed by atoms with van der Waals surface area (Å²) in [6.45, 7) is 0. The Bertz CT molecular complexity index is 753. The number of hydrogen-bond donors (Lipinski definition) is 1. The second-order valence-corrected chi connectivity index (χ2v) is 5.84. The van der Waals surface area contributed by atoms with Crippen LogP contribution in [0.2, 0.25) is 5.02 Å². The molecule has 1 nitrogen and oxygen atoms in total. The predicted octanol–water partition coefficient (Wildman–Crippen LogP) is 5.00. The van der Waals surface area contributed by atoms with Gasteiger partial charge in [-0.2, -0.15) is 0 Å². The van der Waals surface area contributed by atoms with Gasteiger partial charge < -0.3 is 5.32 Å². The van der Waals surface area contributed by atoms with Gasteiger partial charge in [-0.25, -0.2) is 4.39 Å². The summed E-state index contributed by atoms with van der Waals surface area (Å²) in [5, 5.41) is 6.70. The van der Waals surface area contributed by atoms with Crippen molar-refractivity contribution in [2.45, 2.75) is 6.04 Å². The maximum atomic E-state index is 13.7. The molecule has 0 radical (unpaired) electrons. The molecule has 102 valence electrons. The lowest BCUT2D eigenvalue weighted by Gasteiger charge is -2.18. The monoisotopic (exact) mass is 305 g/mol. The number of nitrogens with one attached hydrogen (secondary N) is 1. The van der Waals surface area contributed by atoms with Crippen LogP contribution in [0.1, 0.15) is 17.2 Å². The molecule has 20 heavy (non-hydrogen) atoms. The van der Waals surface area contributed by atoms with Crippen LogP contribution < -0.4 is 5.32 Å². The van der Waals surface area contributed by atoms with Crippen LogP contribution in [-0.2, 0) is 0 Å². The molecule has 1 unspecified atom stereocenters. The summed E-state index contributed by atoms with van der Waals surface area (Å²) in [4.78, 5) is 0. The normalized spacial score (nSPS) is 12.8. The van der Waals surface area contributed by atoms with E-state index >= 15 is 0 Å². The molecule has 0 bridgehead atoms. The van der Waals surface area contributed by atoms with Gasteiger partial charge in [0.2, 0.25) is 0 Å². The number of halogens is 2. The first kappa shape index (κ1) is 13.6. The third-order valence-electron chi connectivity index (χ3n) is 3.40. The number of benzene rings is 2. The van der Waals surface area contributed by atoms with E-state index in [0.717, 1.165) is 11.1 Å². The Hall–Kier alpha value is -1.42. The molecule has 1 N–H and O–H groups in total. The minimum atomic E-state index is -0.385. The molecule has 0 aliphatic carbocycles. The molecule has 2 aromatic carbocycles. The molecule has 3 aromatic rings. The summed E-state index contributed by atoms with van der Waals surface area (Å²) in [6.07, 6.45) is 0. The van der Waals surface area contributed by atoms with Crippen LogP contribution in [0.4, 0.5) is 4.39 Å². The fourth-order valence-corrected chi connectivity index (χ4v) is 3.67. The Labute approximate surface area is 126 Å². The van der Waals surface area contributed by atoms with E-state index in [1.807, 2.05) is 25.2 Å². The van der Waals surface area contributed by atoms with Crippen molar-refractivity contribution in [1.82, 2.24) is 5.32 Å². The van der Waals surface area contributed by atoms with Gasteiger partial charge in [0.25, 0.3) is 0 Å². The fraction of sp³-hybridized carbons (Fsp3) is 0.125. The van der Waals surface area contributed by atoms with Crippen molar-refractivity contribution < 1.29 is 4.39 Å². The van der Waals surface area contributed by atoms with Crippen molar-refractivity contribution in [3.05, 3.63) is 69.8 Å². The molecular formula is C16H13ClFNS. The lowest BCUT2D eigenvalue weighted by atomic mass is 9.98. The Morgan fingerprint density at radius 1 is 1.10 bits per heavy atom. The lowest BCUT2D eigenvalue weighted by molar-refractivity contribution is 0.618. The van der Waals surface area contributed by atoms with Gasteiger partial charge >= 0.3 is 0 Å². The van der Waals surface area contributed by atoms with Gasteiger partial charge in [-0.15, -0.1) is 11.3 Å². The predicted molar refractivity (Wildman–Crippen MR) is 84.1 cm³/mol. The van der Waals surface area contributed by atoms with Crippen LogP contribution in [0, 0.1) is 5.82 Å². The first-order chi connectivity index (χ1) is 9.72. The summed E-state index contributed by atoms with van der Waals surface area (Å²) < 4.78 is 14.9. The highest BCUT2D eigenvalue weighted by atomic mass is 35.5. The summed E-state index contributed by atoms with van der Waals surface area (Å²) in [7, 11) is 1.86. The standard InChI is InChI=1S/C16H13ClFNS/c1-19-16(11-6-4-7-13(18)15(11)17)12-9-20-14-8-3-2-5-10(12)14/h2-9,16,19H,1H3. The van der Waals surface area contributed by atoms with Gasteiger partial charge in [0.05, 0.1) is 11.1 Å². The Morgan fingerprint density at radius 2 is 1.90 bits per heavy atom. The zero-order valence-corrected chi connectivity index (χ0v) is 12.4. The topological polar surface area (TPSA) is 12.0 Å². The van der Waals surface area contributed by atoms with Gasteiger partial charge in [-0.3, -0.25) is 0 Å². The van der Waals surface area contributed by atoms with E-state index in [1.165, 1.54) is 16.2 Å². The average molecular weight is 306 g/mol. The van der Waals surface area contributed by atoms with Crippen LogP contribution in [0.15, 0.2) is 47.8 Å². The van der Waals surface area contributed by atoms with Crippen molar-refractivity contribution in [3.8, 4) is 0 Å².